The van der Waals surface area contributed by atoms with Crippen LogP contribution in [0.5, 0.6) is 0 Å². The summed E-state index contributed by atoms with van der Waals surface area (Å²) in [6.45, 7) is 3.80. The molecule has 0 spiro atoms. The lowest BCUT2D eigenvalue weighted by atomic mass is 10.1. The number of carbonyl (C=O) groups is 2. The number of amides is 1. The van der Waals surface area contributed by atoms with E-state index < -0.39 is 11.9 Å². The highest BCUT2D eigenvalue weighted by Crippen LogP contribution is 2.04. The molecule has 0 atom stereocenters. The third kappa shape index (κ3) is 6.78. The highest BCUT2D eigenvalue weighted by Gasteiger charge is 2.10. The zero-order chi connectivity index (χ0) is 15.7. The lowest BCUT2D eigenvalue weighted by Gasteiger charge is -2.05. The standard InChI is InChI=1S/C14H21NO6/c1-3-4-6-11(16)7-5-8-19-13(17)15-9-12-10(2)20-14(18)21-12/h3-9H2,1-2H3,(H,15,17). The van der Waals surface area contributed by atoms with Crippen LogP contribution in [0.1, 0.15) is 50.5 Å². The van der Waals surface area contributed by atoms with Crippen LogP contribution >= 0.6 is 0 Å². The maximum atomic E-state index is 11.4. The number of ether oxygens (including phenoxy) is 1. The van der Waals surface area contributed by atoms with Gasteiger partial charge in [-0.15, -0.1) is 0 Å². The van der Waals surface area contributed by atoms with E-state index in [9.17, 15) is 14.4 Å². The Morgan fingerprint density at radius 3 is 2.52 bits per heavy atom. The lowest BCUT2D eigenvalue weighted by molar-refractivity contribution is -0.119. The number of unbranched alkanes of at least 4 members (excludes halogenated alkanes) is 1. The Hall–Kier alpha value is -2.05. The molecule has 0 radical (unpaired) electrons. The van der Waals surface area contributed by atoms with Crippen LogP contribution in [0.4, 0.5) is 4.79 Å². The molecule has 0 saturated carbocycles. The van der Waals surface area contributed by atoms with Gasteiger partial charge in [-0.1, -0.05) is 13.3 Å². The van der Waals surface area contributed by atoms with E-state index in [2.05, 4.69) is 9.73 Å². The van der Waals surface area contributed by atoms with Crippen LogP contribution in [0.3, 0.4) is 0 Å². The third-order valence-corrected chi connectivity index (χ3v) is 2.87. The molecule has 0 aliphatic rings. The number of hydrogen-bond acceptors (Lipinski definition) is 6. The summed E-state index contributed by atoms with van der Waals surface area (Å²) in [7, 11) is 0. The molecule has 7 nitrogen and oxygen atoms in total. The molecule has 21 heavy (non-hydrogen) atoms. The molecule has 1 N–H and O–H groups in total. The molecule has 0 aliphatic heterocycles. The number of hydrogen-bond donors (Lipinski definition) is 1. The van der Waals surface area contributed by atoms with Crippen molar-refractivity contribution in [3.63, 3.8) is 0 Å². The van der Waals surface area contributed by atoms with Crippen LogP contribution in [0.25, 0.3) is 0 Å². The minimum absolute atomic E-state index is 0.0197. The van der Waals surface area contributed by atoms with Crippen LogP contribution in [0.15, 0.2) is 13.6 Å². The molecule has 7 heteroatoms. The Balaban J connectivity index is 2.13. The number of carbonyl (C=O) groups excluding carboxylic acids is 2. The van der Waals surface area contributed by atoms with Crippen molar-refractivity contribution in [1.29, 1.82) is 0 Å². The monoisotopic (exact) mass is 299 g/mol. The molecule has 1 rings (SSSR count). The molecule has 0 bridgehead atoms. The second-order valence-corrected chi connectivity index (χ2v) is 4.67. The predicted molar refractivity (Wildman–Crippen MR) is 73.9 cm³/mol. The first-order valence-corrected chi connectivity index (χ1v) is 7.04. The third-order valence-electron chi connectivity index (χ3n) is 2.87. The molecule has 0 fully saturated rings. The van der Waals surface area contributed by atoms with Crippen molar-refractivity contribution in [2.45, 2.75) is 52.5 Å². The first kappa shape index (κ1) is 17.0. The van der Waals surface area contributed by atoms with E-state index in [1.807, 2.05) is 6.92 Å². The summed E-state index contributed by atoms with van der Waals surface area (Å²) in [4.78, 5) is 33.6. The second kappa shape index (κ2) is 8.99. The van der Waals surface area contributed by atoms with Gasteiger partial charge in [0.1, 0.15) is 11.5 Å². The molecule has 0 unspecified atom stereocenters. The van der Waals surface area contributed by atoms with Gasteiger partial charge in [0.25, 0.3) is 0 Å². The van der Waals surface area contributed by atoms with Gasteiger partial charge in [-0.2, -0.15) is 0 Å². The zero-order valence-electron chi connectivity index (χ0n) is 12.4. The maximum Gasteiger partial charge on any atom is 0.519 e. The summed E-state index contributed by atoms with van der Waals surface area (Å²) in [6, 6.07) is 0. The minimum atomic E-state index is -0.803. The van der Waals surface area contributed by atoms with Crippen molar-refractivity contribution in [3.8, 4) is 0 Å². The molecule has 1 aromatic rings. The summed E-state index contributed by atoms with van der Waals surface area (Å²) >= 11 is 0. The highest BCUT2D eigenvalue weighted by atomic mass is 16.6. The maximum absolute atomic E-state index is 11.4. The van der Waals surface area contributed by atoms with E-state index in [0.29, 0.717) is 25.0 Å². The van der Waals surface area contributed by atoms with Crippen molar-refractivity contribution in [2.75, 3.05) is 6.61 Å². The van der Waals surface area contributed by atoms with Gasteiger partial charge in [-0.3, -0.25) is 4.79 Å². The fourth-order valence-corrected chi connectivity index (χ4v) is 1.67. The fourth-order valence-electron chi connectivity index (χ4n) is 1.67. The van der Waals surface area contributed by atoms with Crippen LogP contribution in [-0.4, -0.2) is 18.5 Å². The highest BCUT2D eigenvalue weighted by molar-refractivity contribution is 5.78. The first-order valence-electron chi connectivity index (χ1n) is 7.04. The van der Waals surface area contributed by atoms with Gasteiger partial charge < -0.3 is 18.9 Å². The Kier molecular flexibility index (Phi) is 7.28. The van der Waals surface area contributed by atoms with Crippen LogP contribution in [-0.2, 0) is 16.1 Å². The Morgan fingerprint density at radius 2 is 1.90 bits per heavy atom. The van der Waals surface area contributed by atoms with Gasteiger partial charge in [-0.25, -0.2) is 9.59 Å². The predicted octanol–water partition coefficient (Wildman–Crippen LogP) is 2.31. The second-order valence-electron chi connectivity index (χ2n) is 4.67. The number of aryl methyl sites for hydroxylation is 1. The molecule has 1 heterocycles. The van der Waals surface area contributed by atoms with Crippen LogP contribution < -0.4 is 11.1 Å². The topological polar surface area (TPSA) is 98.8 Å². The van der Waals surface area contributed by atoms with Crippen molar-refractivity contribution in [3.05, 3.63) is 22.1 Å². The summed E-state index contributed by atoms with van der Waals surface area (Å²) in [5.41, 5.74) is 0. The summed E-state index contributed by atoms with van der Waals surface area (Å²) < 4.78 is 14.3. The van der Waals surface area contributed by atoms with Crippen molar-refractivity contribution >= 4 is 11.9 Å². The minimum Gasteiger partial charge on any atom is -0.450 e. The molecule has 1 amide bonds. The molecule has 0 aliphatic carbocycles. The Morgan fingerprint density at radius 1 is 1.19 bits per heavy atom. The Labute approximate surface area is 122 Å². The van der Waals surface area contributed by atoms with Gasteiger partial charge in [0.05, 0.1) is 13.2 Å². The van der Waals surface area contributed by atoms with E-state index >= 15 is 0 Å². The van der Waals surface area contributed by atoms with Crippen LogP contribution in [0.2, 0.25) is 0 Å². The smallest absolute Gasteiger partial charge is 0.450 e. The van der Waals surface area contributed by atoms with Crippen molar-refractivity contribution < 1.29 is 23.2 Å². The molecule has 0 saturated heterocycles. The average Bonchev–Trinajstić information content (AvgIpc) is 2.77. The molecular formula is C14H21NO6. The number of alkyl carbamates (subject to hydrolysis) is 1. The van der Waals surface area contributed by atoms with Gasteiger partial charge in [0, 0.05) is 12.8 Å². The molecule has 0 aromatic carbocycles. The molecule has 118 valence electrons. The fraction of sp³-hybridized carbons (Fsp3) is 0.643. The quantitative estimate of drug-likeness (QED) is 0.702. The number of rotatable bonds is 9. The summed E-state index contributed by atoms with van der Waals surface area (Å²) in [6.07, 6.45) is 2.78. The van der Waals surface area contributed by atoms with E-state index in [1.165, 1.54) is 0 Å². The van der Waals surface area contributed by atoms with Gasteiger partial charge in [0.15, 0.2) is 5.76 Å². The average molecular weight is 299 g/mol. The lowest BCUT2D eigenvalue weighted by Crippen LogP contribution is -2.24. The zero-order valence-corrected chi connectivity index (χ0v) is 12.4. The molecular weight excluding hydrogens is 278 g/mol. The number of Topliss-reactive ketones (excluding diaryl/α,β-unsaturated/α-hetero) is 1. The van der Waals surface area contributed by atoms with Gasteiger partial charge in [0.2, 0.25) is 0 Å². The molecule has 1 aromatic heterocycles. The van der Waals surface area contributed by atoms with Crippen molar-refractivity contribution in [1.82, 2.24) is 5.32 Å². The number of nitrogens with one attached hydrogen (secondary N) is 1. The van der Waals surface area contributed by atoms with Gasteiger partial charge >= 0.3 is 11.9 Å². The van der Waals surface area contributed by atoms with E-state index in [0.717, 1.165) is 12.8 Å². The van der Waals surface area contributed by atoms with Gasteiger partial charge in [-0.05, 0) is 19.8 Å². The SMILES string of the molecule is CCCCC(=O)CCCOC(=O)NCc1oc(=O)oc1C. The first-order chi connectivity index (χ1) is 10.0. The van der Waals surface area contributed by atoms with E-state index in [-0.39, 0.29) is 24.7 Å². The normalized spacial score (nSPS) is 10.4. The Bertz CT molecular complexity index is 516. The largest absolute Gasteiger partial charge is 0.519 e. The van der Waals surface area contributed by atoms with Crippen LogP contribution in [0, 0.1) is 6.92 Å². The summed E-state index contributed by atoms with van der Waals surface area (Å²) in [5, 5.41) is 2.44. The van der Waals surface area contributed by atoms with E-state index in [4.69, 9.17) is 9.15 Å². The van der Waals surface area contributed by atoms with Crippen molar-refractivity contribution in [2.24, 2.45) is 0 Å². The summed E-state index contributed by atoms with van der Waals surface area (Å²) in [5.74, 6) is -0.0339. The van der Waals surface area contributed by atoms with E-state index in [1.54, 1.807) is 6.92 Å². The number of ketones is 1.